The van der Waals surface area contributed by atoms with Crippen molar-refractivity contribution in [1.29, 1.82) is 0 Å². The number of nitrogens with one attached hydrogen (secondary N) is 1. The van der Waals surface area contributed by atoms with Crippen LogP contribution < -0.4 is 14.8 Å². The second-order valence-electron chi connectivity index (χ2n) is 6.49. The topological polar surface area (TPSA) is 47.6 Å². The summed E-state index contributed by atoms with van der Waals surface area (Å²) in [6, 6.07) is 25.2. The van der Waals surface area contributed by atoms with Crippen molar-refractivity contribution in [2.24, 2.45) is 0 Å². The molecule has 0 saturated heterocycles. The molecule has 0 fully saturated rings. The highest BCUT2D eigenvalue weighted by atomic mass is 16.5. The van der Waals surface area contributed by atoms with Crippen LogP contribution in [0.5, 0.6) is 11.5 Å². The SMILES string of the molecule is CCOc1ccccc1OCC(=O)N[C@H](c1ccccc1)c1ccc(C)cc1. The molecule has 144 valence electrons. The highest BCUT2D eigenvalue weighted by Gasteiger charge is 2.17. The largest absolute Gasteiger partial charge is 0.490 e. The van der Waals surface area contributed by atoms with Gasteiger partial charge in [-0.05, 0) is 37.1 Å². The van der Waals surface area contributed by atoms with Crippen molar-refractivity contribution >= 4 is 5.91 Å². The van der Waals surface area contributed by atoms with Crippen LogP contribution in [0.4, 0.5) is 0 Å². The van der Waals surface area contributed by atoms with Gasteiger partial charge in [0.05, 0.1) is 12.6 Å². The smallest absolute Gasteiger partial charge is 0.258 e. The number of rotatable bonds is 8. The Kier molecular flexibility index (Phi) is 6.68. The maximum Gasteiger partial charge on any atom is 0.258 e. The summed E-state index contributed by atoms with van der Waals surface area (Å²) in [5.74, 6) is 1.00. The Bertz CT molecular complexity index is 891. The lowest BCUT2D eigenvalue weighted by Gasteiger charge is -2.20. The Morgan fingerprint density at radius 3 is 2.04 bits per heavy atom. The van der Waals surface area contributed by atoms with Gasteiger partial charge >= 0.3 is 0 Å². The van der Waals surface area contributed by atoms with E-state index in [1.807, 2.05) is 86.6 Å². The van der Waals surface area contributed by atoms with E-state index in [2.05, 4.69) is 5.32 Å². The van der Waals surface area contributed by atoms with E-state index in [-0.39, 0.29) is 18.6 Å². The predicted molar refractivity (Wildman–Crippen MR) is 111 cm³/mol. The van der Waals surface area contributed by atoms with E-state index >= 15 is 0 Å². The lowest BCUT2D eigenvalue weighted by molar-refractivity contribution is -0.123. The summed E-state index contributed by atoms with van der Waals surface area (Å²) in [4.78, 5) is 12.6. The average Bonchev–Trinajstić information content (AvgIpc) is 2.73. The fourth-order valence-corrected chi connectivity index (χ4v) is 2.95. The fraction of sp³-hybridized carbons (Fsp3) is 0.208. The Hall–Kier alpha value is -3.27. The van der Waals surface area contributed by atoms with Crippen molar-refractivity contribution < 1.29 is 14.3 Å². The molecule has 0 spiro atoms. The number of carbonyl (C=O) groups excluding carboxylic acids is 1. The molecule has 0 heterocycles. The molecule has 0 saturated carbocycles. The van der Waals surface area contributed by atoms with E-state index in [0.29, 0.717) is 18.1 Å². The van der Waals surface area contributed by atoms with Gasteiger partial charge in [0.25, 0.3) is 5.91 Å². The number of benzene rings is 3. The molecule has 0 radical (unpaired) electrons. The molecule has 3 aromatic rings. The third kappa shape index (κ3) is 5.13. The Morgan fingerprint density at radius 2 is 1.39 bits per heavy atom. The number of carbonyl (C=O) groups is 1. The van der Waals surface area contributed by atoms with E-state index in [1.165, 1.54) is 5.56 Å². The van der Waals surface area contributed by atoms with Crippen LogP contribution in [-0.4, -0.2) is 19.1 Å². The normalized spacial score (nSPS) is 11.5. The van der Waals surface area contributed by atoms with Gasteiger partial charge in [0.1, 0.15) is 0 Å². The third-order valence-electron chi connectivity index (χ3n) is 4.36. The summed E-state index contributed by atoms with van der Waals surface area (Å²) in [6.07, 6.45) is 0. The molecular formula is C24H25NO3. The molecule has 4 heteroatoms. The fourth-order valence-electron chi connectivity index (χ4n) is 2.95. The molecule has 0 aliphatic carbocycles. The second-order valence-corrected chi connectivity index (χ2v) is 6.49. The maximum atomic E-state index is 12.6. The highest BCUT2D eigenvalue weighted by Crippen LogP contribution is 2.26. The van der Waals surface area contributed by atoms with Crippen molar-refractivity contribution in [2.45, 2.75) is 19.9 Å². The quantitative estimate of drug-likeness (QED) is 0.622. The Labute approximate surface area is 166 Å². The molecule has 4 nitrogen and oxygen atoms in total. The van der Waals surface area contributed by atoms with Crippen LogP contribution in [0.15, 0.2) is 78.9 Å². The van der Waals surface area contributed by atoms with E-state index in [4.69, 9.17) is 9.47 Å². The molecule has 28 heavy (non-hydrogen) atoms. The standard InChI is InChI=1S/C24H25NO3/c1-3-27-21-11-7-8-12-22(21)28-17-23(26)25-24(19-9-5-4-6-10-19)20-15-13-18(2)14-16-20/h4-16,24H,3,17H2,1-2H3,(H,25,26)/t24-/m1/s1. The van der Waals surface area contributed by atoms with Gasteiger partial charge in [-0.1, -0.05) is 72.3 Å². The second kappa shape index (κ2) is 9.60. The first-order chi connectivity index (χ1) is 13.7. The van der Waals surface area contributed by atoms with Gasteiger partial charge in [0.2, 0.25) is 0 Å². The van der Waals surface area contributed by atoms with Crippen LogP contribution >= 0.6 is 0 Å². The van der Waals surface area contributed by atoms with Crippen molar-refractivity contribution in [3.63, 3.8) is 0 Å². The number of para-hydroxylation sites is 2. The number of hydrogen-bond acceptors (Lipinski definition) is 3. The van der Waals surface area contributed by atoms with Gasteiger partial charge in [-0.25, -0.2) is 0 Å². The van der Waals surface area contributed by atoms with Gasteiger partial charge in [-0.15, -0.1) is 0 Å². The van der Waals surface area contributed by atoms with E-state index < -0.39 is 0 Å². The molecule has 3 aromatic carbocycles. The average molecular weight is 375 g/mol. The monoisotopic (exact) mass is 375 g/mol. The first-order valence-corrected chi connectivity index (χ1v) is 9.43. The van der Waals surface area contributed by atoms with E-state index in [1.54, 1.807) is 6.07 Å². The summed E-state index contributed by atoms with van der Waals surface area (Å²) in [6.45, 7) is 4.41. The molecule has 0 aliphatic heterocycles. The van der Waals surface area contributed by atoms with Crippen LogP contribution in [-0.2, 0) is 4.79 Å². The highest BCUT2D eigenvalue weighted by molar-refractivity contribution is 5.78. The third-order valence-corrected chi connectivity index (χ3v) is 4.36. The van der Waals surface area contributed by atoms with Crippen LogP contribution in [0.3, 0.4) is 0 Å². The van der Waals surface area contributed by atoms with Crippen LogP contribution in [0.2, 0.25) is 0 Å². The van der Waals surface area contributed by atoms with Gasteiger partial charge < -0.3 is 14.8 Å². The molecule has 0 bridgehead atoms. The van der Waals surface area contributed by atoms with Gasteiger partial charge in [-0.3, -0.25) is 4.79 Å². The minimum absolute atomic E-state index is 0.0840. The summed E-state index contributed by atoms with van der Waals surface area (Å²) in [5, 5.41) is 3.09. The van der Waals surface area contributed by atoms with Gasteiger partial charge in [-0.2, -0.15) is 0 Å². The molecular weight excluding hydrogens is 350 g/mol. The van der Waals surface area contributed by atoms with Crippen molar-refractivity contribution in [3.05, 3.63) is 95.6 Å². The molecule has 1 atom stereocenters. The molecule has 0 aromatic heterocycles. The van der Waals surface area contributed by atoms with E-state index in [0.717, 1.165) is 11.1 Å². The predicted octanol–water partition coefficient (Wildman–Crippen LogP) is 4.68. The summed E-state index contributed by atoms with van der Waals surface area (Å²) >= 11 is 0. The molecule has 0 unspecified atom stereocenters. The lowest BCUT2D eigenvalue weighted by atomic mass is 9.98. The van der Waals surface area contributed by atoms with Crippen LogP contribution in [0, 0.1) is 6.92 Å². The Morgan fingerprint density at radius 1 is 0.821 bits per heavy atom. The minimum atomic E-state index is -0.236. The molecule has 0 aliphatic rings. The van der Waals surface area contributed by atoms with Gasteiger partial charge in [0, 0.05) is 0 Å². The number of aryl methyl sites for hydroxylation is 1. The van der Waals surface area contributed by atoms with Gasteiger partial charge in [0.15, 0.2) is 18.1 Å². The lowest BCUT2D eigenvalue weighted by Crippen LogP contribution is -2.33. The zero-order chi connectivity index (χ0) is 19.8. The molecule has 1 amide bonds. The Balaban J connectivity index is 1.72. The van der Waals surface area contributed by atoms with Crippen molar-refractivity contribution in [2.75, 3.05) is 13.2 Å². The summed E-state index contributed by atoms with van der Waals surface area (Å²) in [5.41, 5.74) is 3.23. The van der Waals surface area contributed by atoms with E-state index in [9.17, 15) is 4.79 Å². The number of amides is 1. The zero-order valence-electron chi connectivity index (χ0n) is 16.2. The van der Waals surface area contributed by atoms with Crippen LogP contribution in [0.1, 0.15) is 29.7 Å². The minimum Gasteiger partial charge on any atom is -0.490 e. The first-order valence-electron chi connectivity index (χ1n) is 9.43. The maximum absolute atomic E-state index is 12.6. The summed E-state index contributed by atoms with van der Waals surface area (Å²) < 4.78 is 11.2. The summed E-state index contributed by atoms with van der Waals surface area (Å²) in [7, 11) is 0. The molecule has 3 rings (SSSR count). The van der Waals surface area contributed by atoms with Crippen LogP contribution in [0.25, 0.3) is 0 Å². The number of ether oxygens (including phenoxy) is 2. The number of hydrogen-bond donors (Lipinski definition) is 1. The molecule has 1 N–H and O–H groups in total. The van der Waals surface area contributed by atoms with Crippen molar-refractivity contribution in [1.82, 2.24) is 5.32 Å². The first kappa shape index (κ1) is 19.5. The van der Waals surface area contributed by atoms with Crippen molar-refractivity contribution in [3.8, 4) is 11.5 Å². The zero-order valence-corrected chi connectivity index (χ0v) is 16.2.